The minimum atomic E-state index is -0.711. The highest BCUT2D eigenvalue weighted by Gasteiger charge is 2.23. The van der Waals surface area contributed by atoms with Gasteiger partial charge < -0.3 is 20.1 Å². The minimum absolute atomic E-state index is 0.0662. The molecule has 0 unspecified atom stereocenters. The highest BCUT2D eigenvalue weighted by molar-refractivity contribution is 5.83. The molecule has 0 aliphatic carbocycles. The zero-order chi connectivity index (χ0) is 15.8. The van der Waals surface area contributed by atoms with E-state index in [0.717, 1.165) is 25.0 Å². The van der Waals surface area contributed by atoms with Crippen LogP contribution in [-0.4, -0.2) is 44.4 Å². The van der Waals surface area contributed by atoms with Crippen molar-refractivity contribution in [3.63, 3.8) is 0 Å². The van der Waals surface area contributed by atoms with Crippen LogP contribution >= 0.6 is 0 Å². The van der Waals surface area contributed by atoms with Crippen LogP contribution < -0.4 is 10.6 Å². The monoisotopic (exact) mass is 306 g/mol. The van der Waals surface area contributed by atoms with Gasteiger partial charge in [-0.05, 0) is 18.4 Å². The zero-order valence-electron chi connectivity index (χ0n) is 12.7. The molecule has 1 aromatic carbocycles. The fraction of sp³-hybridized carbons (Fsp3) is 0.500. The highest BCUT2D eigenvalue weighted by atomic mass is 16.5. The molecule has 0 spiro atoms. The molecule has 0 aromatic heterocycles. The molecule has 0 radical (unpaired) electrons. The maximum Gasteiger partial charge on any atom is 0.328 e. The first-order chi connectivity index (χ1) is 10.7. The van der Waals surface area contributed by atoms with Crippen molar-refractivity contribution < 1.29 is 19.1 Å². The van der Waals surface area contributed by atoms with Crippen LogP contribution in [0.2, 0.25) is 0 Å². The van der Waals surface area contributed by atoms with Gasteiger partial charge in [-0.15, -0.1) is 0 Å². The number of methoxy groups -OCH3 is 1. The molecule has 120 valence electrons. The van der Waals surface area contributed by atoms with Crippen molar-refractivity contribution in [1.29, 1.82) is 0 Å². The molecule has 0 bridgehead atoms. The number of benzene rings is 1. The molecular weight excluding hydrogens is 284 g/mol. The molecular formula is C16H22N2O4. The quantitative estimate of drug-likeness (QED) is 0.776. The Morgan fingerprint density at radius 1 is 1.36 bits per heavy atom. The number of esters is 1. The molecule has 2 N–H and O–H groups in total. The van der Waals surface area contributed by atoms with Crippen molar-refractivity contribution in [2.45, 2.75) is 31.4 Å². The number of carbonyl (C=O) groups excluding carboxylic acids is 2. The molecule has 2 amide bonds. The second-order valence-electron chi connectivity index (χ2n) is 5.25. The lowest BCUT2D eigenvalue weighted by molar-refractivity contribution is -0.142. The van der Waals surface area contributed by atoms with Crippen LogP contribution in [-0.2, 0) is 20.7 Å². The van der Waals surface area contributed by atoms with Crippen molar-refractivity contribution in [1.82, 2.24) is 10.6 Å². The van der Waals surface area contributed by atoms with Crippen LogP contribution in [0.1, 0.15) is 18.4 Å². The first-order valence-corrected chi connectivity index (χ1v) is 7.46. The van der Waals surface area contributed by atoms with Crippen LogP contribution in [0.4, 0.5) is 4.79 Å². The summed E-state index contributed by atoms with van der Waals surface area (Å²) in [6.45, 7) is 1.19. The Kier molecular flexibility index (Phi) is 6.21. The molecule has 1 aliphatic heterocycles. The number of hydrogen-bond acceptors (Lipinski definition) is 4. The van der Waals surface area contributed by atoms with Gasteiger partial charge in [0.2, 0.25) is 0 Å². The van der Waals surface area contributed by atoms with Crippen molar-refractivity contribution >= 4 is 12.0 Å². The maximum absolute atomic E-state index is 11.9. The summed E-state index contributed by atoms with van der Waals surface area (Å²) < 4.78 is 10.2. The number of ether oxygens (including phenoxy) is 2. The number of urea groups is 1. The minimum Gasteiger partial charge on any atom is -0.467 e. The van der Waals surface area contributed by atoms with Crippen LogP contribution in [0.25, 0.3) is 0 Å². The molecule has 1 aromatic rings. The second kappa shape index (κ2) is 8.38. The molecule has 1 heterocycles. The van der Waals surface area contributed by atoms with Gasteiger partial charge in [-0.25, -0.2) is 9.59 Å². The summed E-state index contributed by atoms with van der Waals surface area (Å²) in [6.07, 6.45) is 2.43. The number of amides is 2. The predicted octanol–water partition coefficient (Wildman–Crippen LogP) is 1.25. The van der Waals surface area contributed by atoms with Crippen molar-refractivity contribution in [2.24, 2.45) is 0 Å². The maximum atomic E-state index is 11.9. The second-order valence-corrected chi connectivity index (χ2v) is 5.25. The van der Waals surface area contributed by atoms with E-state index in [1.165, 1.54) is 7.11 Å². The fourth-order valence-corrected chi connectivity index (χ4v) is 2.41. The summed E-state index contributed by atoms with van der Waals surface area (Å²) in [5, 5.41) is 5.40. The third kappa shape index (κ3) is 5.04. The lowest BCUT2D eigenvalue weighted by atomic mass is 10.1. The Labute approximate surface area is 130 Å². The molecule has 1 aliphatic rings. The first kappa shape index (κ1) is 16.3. The molecule has 1 saturated heterocycles. The smallest absolute Gasteiger partial charge is 0.328 e. The normalized spacial score (nSPS) is 18.5. The van der Waals surface area contributed by atoms with E-state index in [4.69, 9.17) is 9.47 Å². The van der Waals surface area contributed by atoms with Gasteiger partial charge in [0.25, 0.3) is 0 Å². The van der Waals surface area contributed by atoms with Crippen LogP contribution in [0.5, 0.6) is 0 Å². The van der Waals surface area contributed by atoms with E-state index in [-0.39, 0.29) is 12.1 Å². The van der Waals surface area contributed by atoms with Gasteiger partial charge in [0, 0.05) is 19.6 Å². The number of hydrogen-bond donors (Lipinski definition) is 2. The number of nitrogens with one attached hydrogen (secondary N) is 2. The van der Waals surface area contributed by atoms with Crippen LogP contribution in [0, 0.1) is 0 Å². The van der Waals surface area contributed by atoms with E-state index in [1.54, 1.807) is 0 Å². The lowest BCUT2D eigenvalue weighted by Gasteiger charge is -2.18. The van der Waals surface area contributed by atoms with Gasteiger partial charge >= 0.3 is 12.0 Å². The summed E-state index contributed by atoms with van der Waals surface area (Å²) >= 11 is 0. The van der Waals surface area contributed by atoms with Gasteiger partial charge in [-0.3, -0.25) is 0 Å². The van der Waals surface area contributed by atoms with Crippen molar-refractivity contribution in [2.75, 3.05) is 20.3 Å². The van der Waals surface area contributed by atoms with Gasteiger partial charge in [-0.2, -0.15) is 0 Å². The molecule has 0 saturated carbocycles. The van der Waals surface area contributed by atoms with E-state index in [2.05, 4.69) is 10.6 Å². The van der Waals surface area contributed by atoms with Gasteiger partial charge in [-0.1, -0.05) is 30.3 Å². The number of carbonyl (C=O) groups is 2. The van der Waals surface area contributed by atoms with E-state index in [9.17, 15) is 9.59 Å². The zero-order valence-corrected chi connectivity index (χ0v) is 12.7. The van der Waals surface area contributed by atoms with Crippen LogP contribution in [0.3, 0.4) is 0 Å². The molecule has 1 fully saturated rings. The summed E-state index contributed by atoms with van der Waals surface area (Å²) in [7, 11) is 1.31. The molecule has 2 atom stereocenters. The predicted molar refractivity (Wildman–Crippen MR) is 81.5 cm³/mol. The van der Waals surface area contributed by atoms with Crippen molar-refractivity contribution in [3.8, 4) is 0 Å². The summed E-state index contributed by atoms with van der Waals surface area (Å²) in [5.41, 5.74) is 0.956. The Bertz CT molecular complexity index is 486. The average Bonchev–Trinajstić information content (AvgIpc) is 3.06. The fourth-order valence-electron chi connectivity index (χ4n) is 2.41. The average molecular weight is 306 g/mol. The summed E-state index contributed by atoms with van der Waals surface area (Å²) in [6, 6.07) is 8.39. The largest absolute Gasteiger partial charge is 0.467 e. The topological polar surface area (TPSA) is 76.7 Å². The molecule has 2 rings (SSSR count). The van der Waals surface area contributed by atoms with Crippen LogP contribution in [0.15, 0.2) is 30.3 Å². The molecule has 22 heavy (non-hydrogen) atoms. The van der Waals surface area contributed by atoms with E-state index >= 15 is 0 Å². The lowest BCUT2D eigenvalue weighted by Crippen LogP contribution is -2.48. The van der Waals surface area contributed by atoms with Gasteiger partial charge in [0.1, 0.15) is 6.04 Å². The van der Waals surface area contributed by atoms with E-state index < -0.39 is 12.0 Å². The molecule has 6 heteroatoms. The first-order valence-electron chi connectivity index (χ1n) is 7.46. The molecule has 6 nitrogen and oxygen atoms in total. The SMILES string of the molecule is COC(=O)[C@H](Cc1ccccc1)NC(=O)NC[C@@H]1CCCO1. The van der Waals surface area contributed by atoms with E-state index in [0.29, 0.717) is 13.0 Å². The van der Waals surface area contributed by atoms with Gasteiger partial charge in [0.15, 0.2) is 0 Å². The standard InChI is InChI=1S/C16H22N2O4/c1-21-15(19)14(10-12-6-3-2-4-7-12)18-16(20)17-11-13-8-5-9-22-13/h2-4,6-7,13-14H,5,8-11H2,1H3,(H2,17,18,20)/t13-,14-/m0/s1. The summed E-state index contributed by atoms with van der Waals surface area (Å²) in [4.78, 5) is 23.8. The Morgan fingerprint density at radius 3 is 2.77 bits per heavy atom. The van der Waals surface area contributed by atoms with E-state index in [1.807, 2.05) is 30.3 Å². The Balaban J connectivity index is 1.85. The van der Waals surface area contributed by atoms with Gasteiger partial charge in [0.05, 0.1) is 13.2 Å². The third-order valence-corrected chi connectivity index (χ3v) is 3.59. The highest BCUT2D eigenvalue weighted by Crippen LogP contribution is 2.10. The Hall–Kier alpha value is -2.08. The Morgan fingerprint density at radius 2 is 2.14 bits per heavy atom. The summed E-state index contributed by atoms with van der Waals surface area (Å²) in [5.74, 6) is -0.462. The third-order valence-electron chi connectivity index (χ3n) is 3.59. The number of rotatable bonds is 6. The van der Waals surface area contributed by atoms with Crippen molar-refractivity contribution in [3.05, 3.63) is 35.9 Å².